The number of nitrogens with one attached hydrogen (secondary N) is 1. The van der Waals surface area contributed by atoms with E-state index < -0.39 is 0 Å². The molecule has 1 amide bonds. The van der Waals surface area contributed by atoms with Gasteiger partial charge in [-0.25, -0.2) is 0 Å². The molecular weight excluding hydrogens is 418 g/mol. The summed E-state index contributed by atoms with van der Waals surface area (Å²) in [6.07, 6.45) is 9.22. The first-order valence-electron chi connectivity index (χ1n) is 12.8. The summed E-state index contributed by atoms with van der Waals surface area (Å²) in [5.74, 6) is 1.65. The molecule has 5 rings (SSSR count). The third-order valence-electron chi connectivity index (χ3n) is 8.29. The van der Waals surface area contributed by atoms with Gasteiger partial charge < -0.3 is 24.4 Å². The predicted octanol–water partition coefficient (Wildman–Crippen LogP) is 3.10. The number of fused-ring (bicyclic) bond motifs is 2. The number of amides is 1. The van der Waals surface area contributed by atoms with Crippen molar-refractivity contribution in [3.8, 4) is 5.75 Å². The molecule has 1 aromatic heterocycles. The average Bonchev–Trinajstić information content (AvgIpc) is 3.36. The summed E-state index contributed by atoms with van der Waals surface area (Å²) in [4.78, 5) is 20.8. The van der Waals surface area contributed by atoms with Crippen LogP contribution in [0.1, 0.15) is 63.6 Å². The number of carbonyl (C=O) groups is 1. The van der Waals surface area contributed by atoms with Gasteiger partial charge in [-0.2, -0.15) is 0 Å². The number of aromatic nitrogens is 1. The molecule has 1 saturated heterocycles. The van der Waals surface area contributed by atoms with Crippen LogP contribution in [0.2, 0.25) is 0 Å². The molecule has 0 bridgehead atoms. The first kappa shape index (κ1) is 23.1. The number of methoxy groups -OCH3 is 1. The Morgan fingerprint density at radius 1 is 1.36 bits per heavy atom. The number of carbonyl (C=O) groups excluding carboxylic acids is 1. The summed E-state index contributed by atoms with van der Waals surface area (Å²) in [5.41, 5.74) is 2.03. The van der Waals surface area contributed by atoms with Crippen molar-refractivity contribution in [3.05, 3.63) is 23.5 Å². The molecule has 7 nitrogen and oxygen atoms in total. The fourth-order valence-corrected chi connectivity index (χ4v) is 6.79. The lowest BCUT2D eigenvalue weighted by Gasteiger charge is -2.38. The van der Waals surface area contributed by atoms with Crippen LogP contribution in [0, 0.1) is 11.3 Å². The third kappa shape index (κ3) is 4.52. The molecule has 2 unspecified atom stereocenters. The topological polar surface area (TPSA) is 72.9 Å². The highest BCUT2D eigenvalue weighted by Gasteiger charge is 2.56. The van der Waals surface area contributed by atoms with Crippen molar-refractivity contribution >= 4 is 5.91 Å². The summed E-state index contributed by atoms with van der Waals surface area (Å²) in [5, 5.41) is 3.87. The molecule has 2 aliphatic heterocycles. The van der Waals surface area contributed by atoms with Crippen LogP contribution in [-0.4, -0.2) is 67.0 Å². The molecule has 2 saturated carbocycles. The Balaban J connectivity index is 1.28. The van der Waals surface area contributed by atoms with Crippen molar-refractivity contribution < 1.29 is 19.0 Å². The van der Waals surface area contributed by atoms with E-state index in [0.29, 0.717) is 37.1 Å². The Hall–Kier alpha value is -1.70. The van der Waals surface area contributed by atoms with Gasteiger partial charge in [0.15, 0.2) is 0 Å². The molecule has 2 aliphatic carbocycles. The van der Waals surface area contributed by atoms with Crippen LogP contribution in [0.3, 0.4) is 0 Å². The first-order valence-corrected chi connectivity index (χ1v) is 12.8. The van der Waals surface area contributed by atoms with E-state index in [9.17, 15) is 4.79 Å². The largest absolute Gasteiger partial charge is 0.489 e. The molecule has 0 spiro atoms. The van der Waals surface area contributed by atoms with E-state index in [1.807, 2.05) is 20.0 Å². The van der Waals surface area contributed by atoms with E-state index in [2.05, 4.69) is 21.3 Å². The predicted molar refractivity (Wildman–Crippen MR) is 125 cm³/mol. The van der Waals surface area contributed by atoms with Crippen LogP contribution < -0.4 is 10.1 Å². The number of hydrogen-bond acceptors (Lipinski definition) is 6. The van der Waals surface area contributed by atoms with Gasteiger partial charge in [-0.05, 0) is 63.5 Å². The maximum Gasteiger partial charge on any atom is 0.229 e. The minimum atomic E-state index is -0.206. The van der Waals surface area contributed by atoms with Crippen molar-refractivity contribution in [2.75, 3.05) is 26.9 Å². The molecule has 1 aromatic rings. The summed E-state index contributed by atoms with van der Waals surface area (Å²) in [6, 6.07) is 2.78. The quantitative estimate of drug-likeness (QED) is 0.708. The van der Waals surface area contributed by atoms with Crippen LogP contribution in [0.5, 0.6) is 5.75 Å². The molecular formula is C26H39N3O4. The molecule has 7 heteroatoms. The summed E-state index contributed by atoms with van der Waals surface area (Å²) in [6.45, 7) is 6.89. The lowest BCUT2D eigenvalue weighted by atomic mass is 9.78. The highest BCUT2D eigenvalue weighted by atomic mass is 16.5. The van der Waals surface area contributed by atoms with Gasteiger partial charge in [0.25, 0.3) is 0 Å². The van der Waals surface area contributed by atoms with Crippen molar-refractivity contribution in [2.45, 2.75) is 89.6 Å². The third-order valence-corrected chi connectivity index (χ3v) is 8.29. The SMILES string of the molecule is COC1COCCC1N[C@@H]1C[C@H]2CCC[C@@]2(C(=O)N2CCc3ncc(OC(C)C)cc3C2)C1. The molecule has 5 atom stereocenters. The van der Waals surface area contributed by atoms with Crippen molar-refractivity contribution in [1.82, 2.24) is 15.2 Å². The van der Waals surface area contributed by atoms with Gasteiger partial charge in [0.2, 0.25) is 5.91 Å². The Morgan fingerprint density at radius 3 is 3.06 bits per heavy atom. The van der Waals surface area contributed by atoms with Gasteiger partial charge in [-0.1, -0.05) is 6.42 Å². The molecule has 4 aliphatic rings. The summed E-state index contributed by atoms with van der Waals surface area (Å²) in [7, 11) is 1.77. The average molecular weight is 458 g/mol. The van der Waals surface area contributed by atoms with E-state index in [1.165, 1.54) is 12.8 Å². The Labute approximate surface area is 197 Å². The van der Waals surface area contributed by atoms with E-state index >= 15 is 0 Å². The van der Waals surface area contributed by atoms with Gasteiger partial charge >= 0.3 is 0 Å². The molecule has 0 radical (unpaired) electrons. The lowest BCUT2D eigenvalue weighted by Crippen LogP contribution is -2.51. The van der Waals surface area contributed by atoms with Crippen LogP contribution >= 0.6 is 0 Å². The fraction of sp³-hybridized carbons (Fsp3) is 0.769. The second-order valence-corrected chi connectivity index (χ2v) is 10.7. The summed E-state index contributed by atoms with van der Waals surface area (Å²) < 4.78 is 17.1. The number of nitrogens with zero attached hydrogens (tertiary/aromatic N) is 2. The van der Waals surface area contributed by atoms with Crippen molar-refractivity contribution in [3.63, 3.8) is 0 Å². The van der Waals surface area contributed by atoms with E-state index in [4.69, 9.17) is 14.2 Å². The molecule has 0 aromatic carbocycles. The van der Waals surface area contributed by atoms with E-state index in [-0.39, 0.29) is 17.6 Å². The zero-order chi connectivity index (χ0) is 23.0. The number of pyridine rings is 1. The molecule has 182 valence electrons. The number of hydrogen-bond donors (Lipinski definition) is 1. The maximum atomic E-state index is 14.0. The highest BCUT2D eigenvalue weighted by molar-refractivity contribution is 5.84. The van der Waals surface area contributed by atoms with Crippen LogP contribution in [0.4, 0.5) is 0 Å². The fourth-order valence-electron chi connectivity index (χ4n) is 6.79. The highest BCUT2D eigenvalue weighted by Crippen LogP contribution is 2.55. The Kier molecular flexibility index (Phi) is 6.65. The minimum Gasteiger partial charge on any atom is -0.489 e. The Morgan fingerprint density at radius 2 is 2.24 bits per heavy atom. The second kappa shape index (κ2) is 9.51. The van der Waals surface area contributed by atoms with Gasteiger partial charge in [-0.3, -0.25) is 9.78 Å². The van der Waals surface area contributed by atoms with Gasteiger partial charge in [-0.15, -0.1) is 0 Å². The second-order valence-electron chi connectivity index (χ2n) is 10.7. The van der Waals surface area contributed by atoms with E-state index in [0.717, 1.165) is 62.3 Å². The first-order chi connectivity index (χ1) is 16.0. The number of ether oxygens (including phenoxy) is 3. The molecule has 3 fully saturated rings. The zero-order valence-corrected chi connectivity index (χ0v) is 20.3. The van der Waals surface area contributed by atoms with Crippen LogP contribution in [0.15, 0.2) is 12.3 Å². The van der Waals surface area contributed by atoms with Crippen molar-refractivity contribution in [2.24, 2.45) is 11.3 Å². The van der Waals surface area contributed by atoms with Gasteiger partial charge in [0, 0.05) is 51.0 Å². The standard InChI is InChI=1S/C26H39N3O4/c1-17(2)33-21-11-18-15-29(9-6-22(18)27-14-21)25(30)26-8-4-5-19(26)12-20(13-26)28-23-7-10-32-16-24(23)31-3/h11,14,17,19-20,23-24,28H,4-10,12-13,15-16H2,1-3H3/t19-,20-,23?,24?,26-/m1/s1. The van der Waals surface area contributed by atoms with Crippen LogP contribution in [-0.2, 0) is 27.2 Å². The monoisotopic (exact) mass is 457 g/mol. The zero-order valence-electron chi connectivity index (χ0n) is 20.3. The smallest absolute Gasteiger partial charge is 0.229 e. The maximum absolute atomic E-state index is 14.0. The minimum absolute atomic E-state index is 0.0965. The summed E-state index contributed by atoms with van der Waals surface area (Å²) >= 11 is 0. The van der Waals surface area contributed by atoms with E-state index in [1.54, 1.807) is 7.11 Å². The normalized spacial score (nSPS) is 33.8. The van der Waals surface area contributed by atoms with Crippen LogP contribution in [0.25, 0.3) is 0 Å². The van der Waals surface area contributed by atoms with Gasteiger partial charge in [0.05, 0.1) is 30.4 Å². The van der Waals surface area contributed by atoms with Crippen molar-refractivity contribution in [1.29, 1.82) is 0 Å². The lowest BCUT2D eigenvalue weighted by molar-refractivity contribution is -0.144. The number of rotatable bonds is 6. The molecule has 3 heterocycles. The molecule has 1 N–H and O–H groups in total. The van der Waals surface area contributed by atoms with Gasteiger partial charge in [0.1, 0.15) is 5.75 Å². The molecule has 33 heavy (non-hydrogen) atoms. The Bertz CT molecular complexity index is 862.